The summed E-state index contributed by atoms with van der Waals surface area (Å²) in [6.07, 6.45) is 0. The first kappa shape index (κ1) is 18.5. The van der Waals surface area contributed by atoms with Crippen LogP contribution in [0.4, 0.5) is 10.1 Å². The number of H-pyrrole nitrogens is 1. The molecular formula is C23H22FN5O2. The molecule has 0 amide bonds. The van der Waals surface area contributed by atoms with Crippen LogP contribution in [0.1, 0.15) is 11.1 Å². The lowest BCUT2D eigenvalue weighted by Crippen LogP contribution is -2.29. The molecule has 6 rings (SSSR count). The van der Waals surface area contributed by atoms with E-state index in [0.29, 0.717) is 47.1 Å². The predicted octanol–water partition coefficient (Wildman–Crippen LogP) is 2.68. The Bertz CT molecular complexity index is 1220. The van der Waals surface area contributed by atoms with E-state index in [1.807, 2.05) is 24.3 Å². The quantitative estimate of drug-likeness (QED) is 0.365. The van der Waals surface area contributed by atoms with Crippen LogP contribution in [0.25, 0.3) is 10.9 Å². The van der Waals surface area contributed by atoms with Gasteiger partial charge in [0.15, 0.2) is 5.88 Å². The van der Waals surface area contributed by atoms with Gasteiger partial charge >= 0.3 is 0 Å². The second kappa shape index (κ2) is 7.18. The number of halogens is 1. The highest BCUT2D eigenvalue weighted by atomic mass is 19.1. The average molecular weight is 419 g/mol. The van der Waals surface area contributed by atoms with Gasteiger partial charge in [-0.2, -0.15) is 0 Å². The number of aromatic nitrogens is 1. The lowest BCUT2D eigenvalue weighted by molar-refractivity contribution is 0.146. The fourth-order valence-corrected chi connectivity index (χ4v) is 4.83. The summed E-state index contributed by atoms with van der Waals surface area (Å²) in [6, 6.07) is 12.5. The first-order chi connectivity index (χ1) is 15.2. The van der Waals surface area contributed by atoms with Crippen molar-refractivity contribution in [1.82, 2.24) is 15.6 Å². The Morgan fingerprint density at radius 3 is 2.90 bits per heavy atom. The highest BCUT2D eigenvalue weighted by Gasteiger charge is 2.52. The van der Waals surface area contributed by atoms with Gasteiger partial charge in [-0.15, -0.1) is 0 Å². The summed E-state index contributed by atoms with van der Waals surface area (Å²) >= 11 is 0. The maximum atomic E-state index is 13.9. The Kier molecular flexibility index (Phi) is 4.29. The summed E-state index contributed by atoms with van der Waals surface area (Å²) in [5.74, 6) is 1.04. The van der Waals surface area contributed by atoms with E-state index in [2.05, 4.69) is 25.8 Å². The minimum atomic E-state index is -0.385. The van der Waals surface area contributed by atoms with Crippen molar-refractivity contribution < 1.29 is 14.3 Å². The number of para-hydroxylation sites is 1. The second-order valence-corrected chi connectivity index (χ2v) is 8.26. The van der Waals surface area contributed by atoms with Crippen LogP contribution in [0.5, 0.6) is 5.88 Å². The van der Waals surface area contributed by atoms with Gasteiger partial charge in [0, 0.05) is 29.1 Å². The number of nitrogens with zero attached hydrogens (tertiary/aromatic N) is 2. The van der Waals surface area contributed by atoms with E-state index in [1.165, 1.54) is 12.1 Å². The molecule has 31 heavy (non-hydrogen) atoms. The SMILES string of the molecule is Oc1[nH]c2ccc(F)cc2c1C1=Nc2ccccc2/C1=N\OCCNC1[C@H]2CNC[C@@H]12. The van der Waals surface area contributed by atoms with Crippen LogP contribution in [0.15, 0.2) is 52.6 Å². The largest absolute Gasteiger partial charge is 0.494 e. The smallest absolute Gasteiger partial charge is 0.199 e. The maximum absolute atomic E-state index is 13.9. The molecule has 3 aromatic rings. The van der Waals surface area contributed by atoms with Gasteiger partial charge in [0.05, 0.1) is 11.3 Å². The number of oxime groups is 1. The summed E-state index contributed by atoms with van der Waals surface area (Å²) in [6.45, 7) is 3.33. The Hall–Kier alpha value is -3.23. The van der Waals surface area contributed by atoms with Gasteiger partial charge < -0.3 is 25.6 Å². The molecule has 0 spiro atoms. The molecule has 3 aliphatic rings. The molecule has 158 valence electrons. The normalized spacial score (nSPS) is 25.0. The van der Waals surface area contributed by atoms with Crippen LogP contribution >= 0.6 is 0 Å². The first-order valence-corrected chi connectivity index (χ1v) is 10.5. The molecule has 1 aliphatic carbocycles. The number of aromatic amines is 1. The van der Waals surface area contributed by atoms with Crippen molar-refractivity contribution in [3.8, 4) is 5.88 Å². The van der Waals surface area contributed by atoms with E-state index in [0.717, 1.165) is 36.2 Å². The second-order valence-electron chi connectivity index (χ2n) is 8.26. The monoisotopic (exact) mass is 419 g/mol. The highest BCUT2D eigenvalue weighted by Crippen LogP contribution is 2.41. The van der Waals surface area contributed by atoms with Crippen molar-refractivity contribution in [2.75, 3.05) is 26.2 Å². The molecule has 0 bridgehead atoms. The zero-order valence-corrected chi connectivity index (χ0v) is 16.7. The number of hydrogen-bond acceptors (Lipinski definition) is 6. The Morgan fingerprint density at radius 1 is 1.19 bits per heavy atom. The third-order valence-corrected chi connectivity index (χ3v) is 6.41. The van der Waals surface area contributed by atoms with Crippen LogP contribution in [0, 0.1) is 17.7 Å². The number of nitrogens with one attached hydrogen (secondary N) is 3. The average Bonchev–Trinajstić information content (AvgIpc) is 3.12. The van der Waals surface area contributed by atoms with Crippen molar-refractivity contribution >= 4 is 28.0 Å². The molecule has 2 aliphatic heterocycles. The number of rotatable bonds is 6. The summed E-state index contributed by atoms with van der Waals surface area (Å²) in [5, 5.41) is 22.4. The third-order valence-electron chi connectivity index (χ3n) is 6.41. The lowest BCUT2D eigenvalue weighted by atomic mass is 10.0. The van der Waals surface area contributed by atoms with Crippen molar-refractivity contribution in [3.63, 3.8) is 0 Å². The number of benzene rings is 2. The summed E-state index contributed by atoms with van der Waals surface area (Å²) in [5.41, 5.74) is 3.60. The zero-order valence-electron chi connectivity index (χ0n) is 16.7. The molecule has 2 fully saturated rings. The van der Waals surface area contributed by atoms with Gasteiger partial charge in [0.2, 0.25) is 0 Å². The van der Waals surface area contributed by atoms with Gasteiger partial charge in [-0.3, -0.25) is 0 Å². The lowest BCUT2D eigenvalue weighted by Gasteiger charge is -2.08. The van der Waals surface area contributed by atoms with E-state index in [4.69, 9.17) is 4.84 Å². The molecule has 1 saturated heterocycles. The van der Waals surface area contributed by atoms with E-state index in [9.17, 15) is 9.50 Å². The number of aliphatic imine (C=N–C) groups is 1. The van der Waals surface area contributed by atoms with E-state index in [1.54, 1.807) is 6.07 Å². The van der Waals surface area contributed by atoms with E-state index >= 15 is 0 Å². The predicted molar refractivity (Wildman–Crippen MR) is 117 cm³/mol. The van der Waals surface area contributed by atoms with Crippen molar-refractivity contribution in [2.45, 2.75) is 6.04 Å². The van der Waals surface area contributed by atoms with Crippen LogP contribution < -0.4 is 10.6 Å². The molecule has 2 aromatic carbocycles. The molecular weight excluding hydrogens is 397 g/mol. The molecule has 4 N–H and O–H groups in total. The molecule has 1 aromatic heterocycles. The van der Waals surface area contributed by atoms with Crippen LogP contribution in [0.3, 0.4) is 0 Å². The summed E-state index contributed by atoms with van der Waals surface area (Å²) < 4.78 is 13.9. The van der Waals surface area contributed by atoms with Gasteiger partial charge in [0.1, 0.15) is 23.8 Å². The van der Waals surface area contributed by atoms with Crippen LogP contribution in [-0.2, 0) is 4.84 Å². The van der Waals surface area contributed by atoms with Crippen molar-refractivity contribution in [1.29, 1.82) is 0 Å². The van der Waals surface area contributed by atoms with Crippen LogP contribution in [-0.4, -0.2) is 53.8 Å². The number of piperidine rings is 1. The zero-order chi connectivity index (χ0) is 20.9. The minimum absolute atomic E-state index is 0.0737. The molecule has 7 nitrogen and oxygen atoms in total. The fourth-order valence-electron chi connectivity index (χ4n) is 4.83. The maximum Gasteiger partial charge on any atom is 0.199 e. The molecule has 3 atom stereocenters. The molecule has 0 radical (unpaired) electrons. The summed E-state index contributed by atoms with van der Waals surface area (Å²) in [4.78, 5) is 13.2. The van der Waals surface area contributed by atoms with E-state index < -0.39 is 0 Å². The molecule has 8 heteroatoms. The fraction of sp³-hybridized carbons (Fsp3) is 0.304. The Labute approximate surface area is 178 Å². The number of aromatic hydroxyl groups is 1. The van der Waals surface area contributed by atoms with Gasteiger partial charge in [0.25, 0.3) is 0 Å². The minimum Gasteiger partial charge on any atom is -0.494 e. The van der Waals surface area contributed by atoms with Gasteiger partial charge in [-0.05, 0) is 49.2 Å². The molecule has 3 heterocycles. The Morgan fingerprint density at radius 2 is 2.03 bits per heavy atom. The summed E-state index contributed by atoms with van der Waals surface area (Å²) in [7, 11) is 0. The number of fused-ring (bicyclic) bond motifs is 3. The van der Waals surface area contributed by atoms with Crippen molar-refractivity contribution in [3.05, 3.63) is 59.4 Å². The van der Waals surface area contributed by atoms with Crippen molar-refractivity contribution in [2.24, 2.45) is 22.0 Å². The molecule has 1 unspecified atom stereocenters. The van der Waals surface area contributed by atoms with Gasteiger partial charge in [-0.25, -0.2) is 9.38 Å². The molecule has 1 saturated carbocycles. The van der Waals surface area contributed by atoms with E-state index in [-0.39, 0.29) is 11.7 Å². The topological polar surface area (TPSA) is 94.0 Å². The third kappa shape index (κ3) is 3.10. The van der Waals surface area contributed by atoms with Gasteiger partial charge in [-0.1, -0.05) is 23.4 Å². The first-order valence-electron chi connectivity index (χ1n) is 10.5. The standard InChI is InChI=1S/C23H22FN5O2/c24-12-5-6-18-14(9-12)19(23(30)28-18)22-21(13-3-1-2-4-17(13)27-22)29-31-8-7-26-20-15-10-25-11-16(15)20/h1-6,9,15-16,20,25-26,28,30H,7-8,10-11H2/b29-21+/t15-,16+,20?. The highest BCUT2D eigenvalue weighted by molar-refractivity contribution is 6.58. The van der Waals surface area contributed by atoms with Crippen LogP contribution in [0.2, 0.25) is 0 Å². The number of hydrogen-bond donors (Lipinski definition) is 4. The Balaban J connectivity index is 1.26.